The fraction of sp³-hybridized carbons (Fsp3) is 0.462. The van der Waals surface area contributed by atoms with E-state index >= 15 is 0 Å². The minimum Gasteiger partial charge on any atom is -0.481 e. The maximum Gasteiger partial charge on any atom is 0.310 e. The van der Waals surface area contributed by atoms with Crippen molar-refractivity contribution in [1.29, 1.82) is 0 Å². The first-order valence-electron chi connectivity index (χ1n) is 5.97. The second-order valence-electron chi connectivity index (χ2n) is 4.25. The van der Waals surface area contributed by atoms with Gasteiger partial charge in [-0.1, -0.05) is 13.8 Å². The van der Waals surface area contributed by atoms with Crippen LogP contribution in [0, 0.1) is 5.41 Å². The van der Waals surface area contributed by atoms with Crippen molar-refractivity contribution in [2.24, 2.45) is 5.41 Å². The maximum absolute atomic E-state index is 11.9. The molecule has 1 heterocycles. The first-order valence-corrected chi connectivity index (χ1v) is 5.97. The molecule has 5 heteroatoms. The summed E-state index contributed by atoms with van der Waals surface area (Å²) in [6.45, 7) is 3.58. The molecular formula is C13H18N2O3. The summed E-state index contributed by atoms with van der Waals surface area (Å²) in [5, 5.41) is 11.9. The van der Waals surface area contributed by atoms with Gasteiger partial charge in [-0.05, 0) is 25.0 Å². The minimum atomic E-state index is -0.975. The highest BCUT2D eigenvalue weighted by Crippen LogP contribution is 2.31. The van der Waals surface area contributed by atoms with Crippen LogP contribution in [-0.4, -0.2) is 22.0 Å². The summed E-state index contributed by atoms with van der Waals surface area (Å²) in [7, 11) is 0. The van der Waals surface area contributed by atoms with Gasteiger partial charge in [0.15, 0.2) is 0 Å². The molecule has 1 aromatic rings. The first kappa shape index (κ1) is 14.2. The number of amides is 1. The third-order valence-corrected chi connectivity index (χ3v) is 3.27. The van der Waals surface area contributed by atoms with Crippen LogP contribution in [0.3, 0.4) is 0 Å². The van der Waals surface area contributed by atoms with Gasteiger partial charge in [0.05, 0.1) is 5.41 Å². The van der Waals surface area contributed by atoms with Crippen molar-refractivity contribution in [3.05, 3.63) is 24.5 Å². The van der Waals surface area contributed by atoms with E-state index in [4.69, 9.17) is 0 Å². The fourth-order valence-electron chi connectivity index (χ4n) is 1.83. The highest BCUT2D eigenvalue weighted by molar-refractivity contribution is 5.94. The summed E-state index contributed by atoms with van der Waals surface area (Å²) < 4.78 is 0. The number of carbonyl (C=O) groups excluding carboxylic acids is 1. The lowest BCUT2D eigenvalue weighted by molar-refractivity contribution is -0.151. The van der Waals surface area contributed by atoms with Gasteiger partial charge in [0.1, 0.15) is 0 Å². The topological polar surface area (TPSA) is 79.3 Å². The summed E-state index contributed by atoms with van der Waals surface area (Å²) in [5.74, 6) is -1.20. The number of aliphatic carboxylic acids is 1. The molecule has 0 unspecified atom stereocenters. The van der Waals surface area contributed by atoms with Crippen LogP contribution in [0.25, 0.3) is 0 Å². The molecule has 0 aromatic carbocycles. The highest BCUT2D eigenvalue weighted by atomic mass is 16.4. The van der Waals surface area contributed by atoms with Crippen LogP contribution >= 0.6 is 0 Å². The van der Waals surface area contributed by atoms with E-state index in [-0.39, 0.29) is 12.3 Å². The fourth-order valence-corrected chi connectivity index (χ4v) is 1.83. The van der Waals surface area contributed by atoms with Gasteiger partial charge in [-0.25, -0.2) is 0 Å². The van der Waals surface area contributed by atoms with Gasteiger partial charge in [0.2, 0.25) is 5.91 Å². The van der Waals surface area contributed by atoms with Gasteiger partial charge in [-0.15, -0.1) is 0 Å². The third-order valence-electron chi connectivity index (χ3n) is 3.27. The van der Waals surface area contributed by atoms with Gasteiger partial charge < -0.3 is 10.4 Å². The summed E-state index contributed by atoms with van der Waals surface area (Å²) in [6, 6.07) is 3.33. The number of nitrogens with one attached hydrogen (secondary N) is 1. The molecule has 0 bridgehead atoms. The third kappa shape index (κ3) is 3.29. The number of nitrogens with zero attached hydrogens (tertiary/aromatic N) is 1. The lowest BCUT2D eigenvalue weighted by atomic mass is 9.79. The zero-order valence-electron chi connectivity index (χ0n) is 10.6. The molecule has 5 nitrogen and oxygen atoms in total. The van der Waals surface area contributed by atoms with E-state index in [1.807, 2.05) is 0 Å². The molecule has 98 valence electrons. The molecule has 0 aliphatic carbocycles. The average molecular weight is 250 g/mol. The number of carbonyl (C=O) groups is 2. The number of aromatic nitrogens is 1. The molecular weight excluding hydrogens is 232 g/mol. The Morgan fingerprint density at radius 1 is 1.28 bits per heavy atom. The van der Waals surface area contributed by atoms with Crippen LogP contribution in [-0.2, 0) is 9.59 Å². The Bertz CT molecular complexity index is 414. The van der Waals surface area contributed by atoms with Gasteiger partial charge in [-0.3, -0.25) is 14.6 Å². The highest BCUT2D eigenvalue weighted by Gasteiger charge is 2.37. The van der Waals surface area contributed by atoms with E-state index in [0.29, 0.717) is 18.5 Å². The number of hydrogen-bond donors (Lipinski definition) is 2. The Kier molecular flexibility index (Phi) is 4.83. The van der Waals surface area contributed by atoms with Crippen molar-refractivity contribution < 1.29 is 14.7 Å². The van der Waals surface area contributed by atoms with Crippen LogP contribution < -0.4 is 5.32 Å². The Labute approximate surface area is 106 Å². The van der Waals surface area contributed by atoms with Gasteiger partial charge >= 0.3 is 5.97 Å². The van der Waals surface area contributed by atoms with E-state index < -0.39 is 11.4 Å². The molecule has 18 heavy (non-hydrogen) atoms. The largest absolute Gasteiger partial charge is 0.481 e. The lowest BCUT2D eigenvalue weighted by Gasteiger charge is -2.25. The SMILES string of the molecule is CCC(CC)(CC(=O)Nc1ccncc1)C(=O)O. The summed E-state index contributed by atoms with van der Waals surface area (Å²) in [5.41, 5.74) is -0.349. The van der Waals surface area contributed by atoms with Crippen molar-refractivity contribution in [3.63, 3.8) is 0 Å². The molecule has 0 saturated carbocycles. The zero-order chi connectivity index (χ0) is 13.6. The predicted molar refractivity (Wildman–Crippen MR) is 68.1 cm³/mol. The Balaban J connectivity index is 2.71. The molecule has 0 aliphatic rings. The molecule has 0 saturated heterocycles. The second kappa shape index (κ2) is 6.14. The summed E-state index contributed by atoms with van der Waals surface area (Å²) in [6.07, 6.45) is 3.99. The van der Waals surface area contributed by atoms with Crippen LogP contribution in [0.15, 0.2) is 24.5 Å². The number of pyridine rings is 1. The molecule has 0 spiro atoms. The van der Waals surface area contributed by atoms with Crippen molar-refractivity contribution >= 4 is 17.6 Å². The van der Waals surface area contributed by atoms with E-state index in [2.05, 4.69) is 10.3 Å². The molecule has 1 aromatic heterocycles. The molecule has 0 radical (unpaired) electrons. The quantitative estimate of drug-likeness (QED) is 0.812. The zero-order valence-corrected chi connectivity index (χ0v) is 10.6. The molecule has 0 atom stereocenters. The van der Waals surface area contributed by atoms with Crippen LogP contribution in [0.5, 0.6) is 0 Å². The normalized spacial score (nSPS) is 11.0. The van der Waals surface area contributed by atoms with E-state index in [1.54, 1.807) is 38.4 Å². The molecule has 0 aliphatic heterocycles. The van der Waals surface area contributed by atoms with Crippen LogP contribution in [0.2, 0.25) is 0 Å². The number of carboxylic acids is 1. The number of rotatable bonds is 6. The Morgan fingerprint density at radius 2 is 1.83 bits per heavy atom. The van der Waals surface area contributed by atoms with Crippen LogP contribution in [0.1, 0.15) is 33.1 Å². The van der Waals surface area contributed by atoms with Crippen molar-refractivity contribution in [2.45, 2.75) is 33.1 Å². The molecule has 2 N–H and O–H groups in total. The minimum absolute atomic E-state index is 0.0162. The lowest BCUT2D eigenvalue weighted by Crippen LogP contribution is -2.34. The number of hydrogen-bond acceptors (Lipinski definition) is 3. The first-order chi connectivity index (χ1) is 8.54. The molecule has 1 rings (SSSR count). The van der Waals surface area contributed by atoms with Gasteiger partial charge in [0, 0.05) is 24.5 Å². The van der Waals surface area contributed by atoms with Gasteiger partial charge in [-0.2, -0.15) is 0 Å². The van der Waals surface area contributed by atoms with Crippen LogP contribution in [0.4, 0.5) is 5.69 Å². The van der Waals surface area contributed by atoms with E-state index in [1.165, 1.54) is 0 Å². The smallest absolute Gasteiger partial charge is 0.310 e. The number of anilines is 1. The van der Waals surface area contributed by atoms with Crippen molar-refractivity contribution in [2.75, 3.05) is 5.32 Å². The monoisotopic (exact) mass is 250 g/mol. The van der Waals surface area contributed by atoms with E-state index in [0.717, 1.165) is 0 Å². The number of carboxylic acid groups (broad SMARTS) is 1. The Morgan fingerprint density at radius 3 is 2.28 bits per heavy atom. The van der Waals surface area contributed by atoms with Crippen molar-refractivity contribution in [3.8, 4) is 0 Å². The second-order valence-corrected chi connectivity index (χ2v) is 4.25. The Hall–Kier alpha value is -1.91. The molecule has 0 fully saturated rings. The van der Waals surface area contributed by atoms with E-state index in [9.17, 15) is 14.7 Å². The van der Waals surface area contributed by atoms with Crippen molar-refractivity contribution in [1.82, 2.24) is 4.98 Å². The van der Waals surface area contributed by atoms with Gasteiger partial charge in [0.25, 0.3) is 0 Å². The maximum atomic E-state index is 11.9. The summed E-state index contributed by atoms with van der Waals surface area (Å²) in [4.78, 5) is 27.0. The average Bonchev–Trinajstić information content (AvgIpc) is 2.37. The predicted octanol–water partition coefficient (Wildman–Crippen LogP) is 2.30. The standard InChI is InChI=1S/C13H18N2O3/c1-3-13(4-2,12(17)18)9-11(16)15-10-5-7-14-8-6-10/h5-8H,3-4,9H2,1-2H3,(H,17,18)(H,14,15,16). The molecule has 1 amide bonds. The summed E-state index contributed by atoms with van der Waals surface area (Å²) >= 11 is 0.